The Morgan fingerprint density at radius 2 is 1.77 bits per heavy atom. The normalized spacial score (nSPS) is 11.8. The second kappa shape index (κ2) is 5.51. The summed E-state index contributed by atoms with van der Waals surface area (Å²) in [5, 5.41) is 15.2. The number of benzene rings is 1. The van der Waals surface area contributed by atoms with Crippen molar-refractivity contribution in [2.24, 2.45) is 0 Å². The zero-order valence-corrected chi connectivity index (χ0v) is 7.48. The van der Waals surface area contributed by atoms with E-state index in [1.165, 1.54) is 11.1 Å². The fraction of sp³-hybridized carbons (Fsp3) is 0.273. The van der Waals surface area contributed by atoms with Crippen LogP contribution in [-0.4, -0.2) is 23.4 Å². The van der Waals surface area contributed by atoms with Gasteiger partial charge in [-0.05, 0) is 17.5 Å². The third-order valence-electron chi connectivity index (χ3n) is 1.79. The molecule has 13 heavy (non-hydrogen) atoms. The molecule has 1 aliphatic carbocycles. The van der Waals surface area contributed by atoms with Crippen LogP contribution in [0.4, 0.5) is 0 Å². The zero-order chi connectivity index (χ0) is 9.52. The van der Waals surface area contributed by atoms with E-state index in [1.807, 2.05) is 0 Å². The summed E-state index contributed by atoms with van der Waals surface area (Å²) in [4.78, 5) is 0. The standard InChI is InChI=1S/C9H8.C2H6O2/c1-2-5-9-7-3-6-8(9)4-1;3-1-2-4/h1-6H,7H2;3-4H,1-2H2. The maximum atomic E-state index is 7.62. The lowest BCUT2D eigenvalue weighted by atomic mass is 10.1. The SMILES string of the molecule is C1=Cc2ccccc2C1.OCCO. The predicted octanol–water partition coefficient (Wildman–Crippen LogP) is 1.23. The lowest BCUT2D eigenvalue weighted by Crippen LogP contribution is -1.85. The van der Waals surface area contributed by atoms with Crippen molar-refractivity contribution in [1.29, 1.82) is 0 Å². The van der Waals surface area contributed by atoms with Crippen molar-refractivity contribution in [3.63, 3.8) is 0 Å². The van der Waals surface area contributed by atoms with E-state index in [0.29, 0.717) is 0 Å². The highest BCUT2D eigenvalue weighted by Crippen LogP contribution is 2.17. The van der Waals surface area contributed by atoms with Crippen LogP contribution in [0, 0.1) is 0 Å². The van der Waals surface area contributed by atoms with Crippen molar-refractivity contribution in [1.82, 2.24) is 0 Å². The van der Waals surface area contributed by atoms with Crippen LogP contribution < -0.4 is 0 Å². The summed E-state index contributed by atoms with van der Waals surface area (Å²) in [5.41, 5.74) is 2.84. The molecule has 0 saturated carbocycles. The number of fused-ring (bicyclic) bond motifs is 1. The molecule has 0 atom stereocenters. The van der Waals surface area contributed by atoms with Gasteiger partial charge in [-0.1, -0.05) is 36.4 Å². The Kier molecular flexibility index (Phi) is 4.23. The largest absolute Gasteiger partial charge is 0.394 e. The molecule has 0 heterocycles. The van der Waals surface area contributed by atoms with E-state index in [1.54, 1.807) is 0 Å². The Labute approximate surface area is 78.2 Å². The number of allylic oxidation sites excluding steroid dienone is 1. The molecule has 2 rings (SSSR count). The molecule has 1 aromatic rings. The fourth-order valence-electron chi connectivity index (χ4n) is 1.20. The number of aliphatic hydroxyl groups is 2. The van der Waals surface area contributed by atoms with Gasteiger partial charge in [-0.25, -0.2) is 0 Å². The third kappa shape index (κ3) is 3.01. The van der Waals surface area contributed by atoms with Crippen LogP contribution in [0.15, 0.2) is 30.3 Å². The van der Waals surface area contributed by atoms with Crippen LogP contribution >= 0.6 is 0 Å². The van der Waals surface area contributed by atoms with Crippen molar-refractivity contribution in [3.05, 3.63) is 41.5 Å². The van der Waals surface area contributed by atoms with Crippen molar-refractivity contribution >= 4 is 6.08 Å². The molecule has 70 valence electrons. The molecule has 0 aromatic heterocycles. The lowest BCUT2D eigenvalue weighted by molar-refractivity contribution is 0.186. The molecule has 0 fully saturated rings. The molecule has 0 bridgehead atoms. The smallest absolute Gasteiger partial charge is 0.0662 e. The van der Waals surface area contributed by atoms with Gasteiger partial charge in [0, 0.05) is 0 Å². The summed E-state index contributed by atoms with van der Waals surface area (Å²) < 4.78 is 0. The Morgan fingerprint density at radius 3 is 2.38 bits per heavy atom. The highest BCUT2D eigenvalue weighted by Gasteiger charge is 2.00. The molecule has 0 radical (unpaired) electrons. The molecule has 0 aliphatic heterocycles. The molecule has 0 amide bonds. The Hall–Kier alpha value is -1.12. The van der Waals surface area contributed by atoms with E-state index in [9.17, 15) is 0 Å². The summed E-state index contributed by atoms with van der Waals surface area (Å²) in [6, 6.07) is 8.49. The second-order valence-electron chi connectivity index (χ2n) is 2.75. The molecule has 1 aromatic carbocycles. The van der Waals surface area contributed by atoms with Crippen LogP contribution in [0.2, 0.25) is 0 Å². The minimum atomic E-state index is -0.125. The van der Waals surface area contributed by atoms with Gasteiger partial charge in [-0.15, -0.1) is 0 Å². The van der Waals surface area contributed by atoms with E-state index in [-0.39, 0.29) is 13.2 Å². The molecule has 2 N–H and O–H groups in total. The maximum Gasteiger partial charge on any atom is 0.0662 e. The zero-order valence-electron chi connectivity index (χ0n) is 7.48. The van der Waals surface area contributed by atoms with Crippen LogP contribution in [0.5, 0.6) is 0 Å². The predicted molar refractivity (Wildman–Crippen MR) is 53.4 cm³/mol. The first-order valence-electron chi connectivity index (χ1n) is 4.34. The van der Waals surface area contributed by atoms with E-state index in [2.05, 4.69) is 36.4 Å². The van der Waals surface area contributed by atoms with Gasteiger partial charge in [0.15, 0.2) is 0 Å². The highest BCUT2D eigenvalue weighted by molar-refractivity contribution is 5.59. The molecule has 2 heteroatoms. The summed E-state index contributed by atoms with van der Waals surface area (Å²) in [5.74, 6) is 0. The van der Waals surface area contributed by atoms with Gasteiger partial charge in [0.05, 0.1) is 13.2 Å². The molecule has 1 aliphatic rings. The quantitative estimate of drug-likeness (QED) is 0.679. The molecule has 2 nitrogen and oxygen atoms in total. The lowest BCUT2D eigenvalue weighted by Gasteiger charge is -1.93. The van der Waals surface area contributed by atoms with Crippen molar-refractivity contribution < 1.29 is 10.2 Å². The van der Waals surface area contributed by atoms with Crippen LogP contribution in [0.3, 0.4) is 0 Å². The minimum absolute atomic E-state index is 0.125. The van der Waals surface area contributed by atoms with Crippen LogP contribution in [-0.2, 0) is 6.42 Å². The highest BCUT2D eigenvalue weighted by atomic mass is 16.3. The summed E-state index contributed by atoms with van der Waals surface area (Å²) in [6.45, 7) is -0.250. The van der Waals surface area contributed by atoms with Crippen LogP contribution in [0.25, 0.3) is 6.08 Å². The van der Waals surface area contributed by atoms with Gasteiger partial charge in [-0.2, -0.15) is 0 Å². The monoisotopic (exact) mass is 178 g/mol. The van der Waals surface area contributed by atoms with Crippen LogP contribution in [0.1, 0.15) is 11.1 Å². The first kappa shape index (κ1) is 9.96. The first-order chi connectivity index (χ1) is 6.38. The van der Waals surface area contributed by atoms with Gasteiger partial charge in [-0.3, -0.25) is 0 Å². The first-order valence-corrected chi connectivity index (χ1v) is 4.34. The third-order valence-corrected chi connectivity index (χ3v) is 1.79. The van der Waals surface area contributed by atoms with E-state index < -0.39 is 0 Å². The average Bonchev–Trinajstić information content (AvgIpc) is 2.66. The number of aliphatic hydroxyl groups excluding tert-OH is 2. The summed E-state index contributed by atoms with van der Waals surface area (Å²) in [7, 11) is 0. The van der Waals surface area contributed by atoms with Gasteiger partial charge >= 0.3 is 0 Å². The second-order valence-corrected chi connectivity index (χ2v) is 2.75. The topological polar surface area (TPSA) is 40.5 Å². The minimum Gasteiger partial charge on any atom is -0.394 e. The van der Waals surface area contributed by atoms with E-state index >= 15 is 0 Å². The van der Waals surface area contributed by atoms with Gasteiger partial charge in [0.25, 0.3) is 0 Å². The molecular formula is C11H14O2. The van der Waals surface area contributed by atoms with Gasteiger partial charge in [0.1, 0.15) is 0 Å². The van der Waals surface area contributed by atoms with E-state index in [4.69, 9.17) is 10.2 Å². The maximum absolute atomic E-state index is 7.62. The number of rotatable bonds is 1. The fourth-order valence-corrected chi connectivity index (χ4v) is 1.20. The Balaban J connectivity index is 0.000000184. The average molecular weight is 178 g/mol. The molecule has 0 unspecified atom stereocenters. The Morgan fingerprint density at radius 1 is 1.08 bits per heavy atom. The van der Waals surface area contributed by atoms with E-state index in [0.717, 1.165) is 6.42 Å². The Bertz CT molecular complexity index is 277. The number of hydrogen-bond donors (Lipinski definition) is 2. The van der Waals surface area contributed by atoms with Crippen molar-refractivity contribution in [2.75, 3.05) is 13.2 Å². The number of hydrogen-bond acceptors (Lipinski definition) is 2. The summed E-state index contributed by atoms with van der Waals surface area (Å²) >= 11 is 0. The summed E-state index contributed by atoms with van der Waals surface area (Å²) in [6.07, 6.45) is 5.50. The molecule has 0 spiro atoms. The molecule has 0 saturated heterocycles. The molecular weight excluding hydrogens is 164 g/mol. The van der Waals surface area contributed by atoms with Crippen molar-refractivity contribution in [2.45, 2.75) is 6.42 Å². The van der Waals surface area contributed by atoms with Gasteiger partial charge in [0.2, 0.25) is 0 Å². The van der Waals surface area contributed by atoms with Gasteiger partial charge < -0.3 is 10.2 Å². The van der Waals surface area contributed by atoms with Crippen molar-refractivity contribution in [3.8, 4) is 0 Å².